The SMILES string of the molecule is CN(CCN)C(=O)C(CC(=O)C(C)(C)C)C(C)(C)C. The maximum absolute atomic E-state index is 12.5. The van der Waals surface area contributed by atoms with E-state index in [1.54, 1.807) is 11.9 Å². The van der Waals surface area contributed by atoms with E-state index in [0.717, 1.165) is 0 Å². The second-order valence-corrected chi connectivity index (χ2v) is 7.34. The Morgan fingerprint density at radius 2 is 1.58 bits per heavy atom. The van der Waals surface area contributed by atoms with Crippen LogP contribution in [0.5, 0.6) is 0 Å². The van der Waals surface area contributed by atoms with Crippen LogP contribution in [0.3, 0.4) is 0 Å². The molecular weight excluding hydrogens is 240 g/mol. The number of amides is 1. The molecule has 1 atom stereocenters. The third-order valence-corrected chi connectivity index (χ3v) is 3.41. The molecule has 0 heterocycles. The van der Waals surface area contributed by atoms with E-state index < -0.39 is 5.41 Å². The zero-order valence-electron chi connectivity index (χ0n) is 13.5. The van der Waals surface area contributed by atoms with Gasteiger partial charge in [0.15, 0.2) is 0 Å². The highest BCUT2D eigenvalue weighted by atomic mass is 16.2. The summed E-state index contributed by atoms with van der Waals surface area (Å²) in [7, 11) is 1.75. The molecule has 0 saturated carbocycles. The van der Waals surface area contributed by atoms with E-state index in [4.69, 9.17) is 5.73 Å². The fraction of sp³-hybridized carbons (Fsp3) is 0.867. The lowest BCUT2D eigenvalue weighted by Gasteiger charge is -2.34. The Morgan fingerprint density at radius 1 is 1.11 bits per heavy atom. The van der Waals surface area contributed by atoms with Crippen LogP contribution in [-0.4, -0.2) is 36.7 Å². The van der Waals surface area contributed by atoms with Crippen molar-refractivity contribution in [1.29, 1.82) is 0 Å². The van der Waals surface area contributed by atoms with Crippen molar-refractivity contribution in [3.63, 3.8) is 0 Å². The van der Waals surface area contributed by atoms with E-state index in [1.807, 2.05) is 41.5 Å². The van der Waals surface area contributed by atoms with Gasteiger partial charge < -0.3 is 10.6 Å². The average Bonchev–Trinajstić information content (AvgIpc) is 2.21. The first-order valence-electron chi connectivity index (χ1n) is 6.89. The zero-order valence-corrected chi connectivity index (χ0v) is 13.5. The number of rotatable bonds is 5. The molecule has 0 aliphatic carbocycles. The van der Waals surface area contributed by atoms with Gasteiger partial charge in [0, 0.05) is 37.9 Å². The van der Waals surface area contributed by atoms with Crippen molar-refractivity contribution < 1.29 is 9.59 Å². The Labute approximate surface area is 117 Å². The van der Waals surface area contributed by atoms with Crippen LogP contribution < -0.4 is 5.73 Å². The lowest BCUT2D eigenvalue weighted by atomic mass is 9.73. The zero-order chi connectivity index (χ0) is 15.4. The quantitative estimate of drug-likeness (QED) is 0.832. The number of carbonyl (C=O) groups is 2. The number of nitrogens with two attached hydrogens (primary N) is 1. The second kappa shape index (κ2) is 6.51. The molecule has 2 N–H and O–H groups in total. The van der Waals surface area contributed by atoms with Crippen LogP contribution in [0.2, 0.25) is 0 Å². The maximum Gasteiger partial charge on any atom is 0.226 e. The summed E-state index contributed by atoms with van der Waals surface area (Å²) in [6, 6.07) is 0. The first kappa shape index (κ1) is 18.1. The number of hydrogen-bond donors (Lipinski definition) is 1. The average molecular weight is 270 g/mol. The van der Waals surface area contributed by atoms with Gasteiger partial charge in [0.05, 0.1) is 0 Å². The second-order valence-electron chi connectivity index (χ2n) is 7.34. The molecule has 0 rings (SSSR count). The third-order valence-electron chi connectivity index (χ3n) is 3.41. The normalized spacial score (nSPS) is 14.1. The minimum absolute atomic E-state index is 0.00977. The van der Waals surface area contributed by atoms with Crippen molar-refractivity contribution in [1.82, 2.24) is 4.90 Å². The highest BCUT2D eigenvalue weighted by Crippen LogP contribution is 2.33. The topological polar surface area (TPSA) is 63.4 Å². The Balaban J connectivity index is 5.05. The summed E-state index contributed by atoms with van der Waals surface area (Å²) in [6.45, 7) is 12.6. The van der Waals surface area contributed by atoms with Crippen LogP contribution in [0.25, 0.3) is 0 Å². The Kier molecular flexibility index (Phi) is 6.20. The van der Waals surface area contributed by atoms with Crippen LogP contribution in [0.4, 0.5) is 0 Å². The smallest absolute Gasteiger partial charge is 0.226 e. The Morgan fingerprint density at radius 3 is 1.89 bits per heavy atom. The van der Waals surface area contributed by atoms with Crippen molar-refractivity contribution in [3.05, 3.63) is 0 Å². The summed E-state index contributed by atoms with van der Waals surface area (Å²) in [4.78, 5) is 26.3. The summed E-state index contributed by atoms with van der Waals surface area (Å²) < 4.78 is 0. The summed E-state index contributed by atoms with van der Waals surface area (Å²) >= 11 is 0. The molecule has 0 fully saturated rings. The molecule has 0 aliphatic rings. The molecule has 0 saturated heterocycles. The molecule has 0 aliphatic heterocycles. The molecular formula is C15H30N2O2. The van der Waals surface area contributed by atoms with Gasteiger partial charge in [-0.1, -0.05) is 41.5 Å². The number of likely N-dealkylation sites (N-methyl/N-ethyl adjacent to an activating group) is 1. The summed E-state index contributed by atoms with van der Waals surface area (Å²) in [5, 5.41) is 0. The van der Waals surface area contributed by atoms with Crippen molar-refractivity contribution >= 4 is 11.7 Å². The van der Waals surface area contributed by atoms with E-state index in [2.05, 4.69) is 0 Å². The molecule has 4 nitrogen and oxygen atoms in total. The van der Waals surface area contributed by atoms with Gasteiger partial charge in [0.2, 0.25) is 5.91 Å². The number of Topliss-reactive ketones (excluding diaryl/α,β-unsaturated/α-hetero) is 1. The molecule has 0 aromatic heterocycles. The van der Waals surface area contributed by atoms with Gasteiger partial charge in [-0.2, -0.15) is 0 Å². The Bertz CT molecular complexity index is 324. The van der Waals surface area contributed by atoms with Crippen molar-refractivity contribution in [2.75, 3.05) is 20.1 Å². The van der Waals surface area contributed by atoms with Gasteiger partial charge in [0.25, 0.3) is 0 Å². The first-order chi connectivity index (χ1) is 8.41. The number of carbonyl (C=O) groups excluding carboxylic acids is 2. The predicted molar refractivity (Wildman–Crippen MR) is 78.7 cm³/mol. The molecule has 4 heteroatoms. The van der Waals surface area contributed by atoms with Gasteiger partial charge in [0.1, 0.15) is 5.78 Å². The van der Waals surface area contributed by atoms with E-state index in [1.165, 1.54) is 0 Å². The minimum atomic E-state index is -0.407. The number of hydrogen-bond acceptors (Lipinski definition) is 3. The Hall–Kier alpha value is -0.900. The van der Waals surface area contributed by atoms with Crippen LogP contribution in [0.15, 0.2) is 0 Å². The van der Waals surface area contributed by atoms with Gasteiger partial charge in [-0.15, -0.1) is 0 Å². The van der Waals surface area contributed by atoms with Crippen molar-refractivity contribution in [2.24, 2.45) is 22.5 Å². The van der Waals surface area contributed by atoms with E-state index in [0.29, 0.717) is 19.5 Å². The van der Waals surface area contributed by atoms with Crippen LogP contribution in [0.1, 0.15) is 48.0 Å². The molecule has 1 amide bonds. The van der Waals surface area contributed by atoms with E-state index in [-0.39, 0.29) is 23.0 Å². The maximum atomic E-state index is 12.5. The van der Waals surface area contributed by atoms with Gasteiger partial charge in [-0.25, -0.2) is 0 Å². The monoisotopic (exact) mass is 270 g/mol. The fourth-order valence-electron chi connectivity index (χ4n) is 1.83. The molecule has 0 aromatic carbocycles. The largest absolute Gasteiger partial charge is 0.344 e. The summed E-state index contributed by atoms with van der Waals surface area (Å²) in [5.41, 5.74) is 4.84. The molecule has 112 valence electrons. The molecule has 0 aromatic rings. The molecule has 1 unspecified atom stereocenters. The summed E-state index contributed by atoms with van der Waals surface area (Å²) in [5.74, 6) is -0.159. The number of ketones is 1. The van der Waals surface area contributed by atoms with E-state index in [9.17, 15) is 9.59 Å². The molecule has 0 bridgehead atoms. The van der Waals surface area contributed by atoms with Crippen LogP contribution in [-0.2, 0) is 9.59 Å². The lowest BCUT2D eigenvalue weighted by Crippen LogP contribution is -2.43. The standard InChI is InChI=1S/C15H30N2O2/c1-14(2,3)11(10-12(18)15(4,5)6)13(19)17(7)9-8-16/h11H,8-10,16H2,1-7H3. The van der Waals surface area contributed by atoms with Gasteiger partial charge >= 0.3 is 0 Å². The summed E-state index contributed by atoms with van der Waals surface area (Å²) in [6.07, 6.45) is 0.292. The van der Waals surface area contributed by atoms with E-state index >= 15 is 0 Å². The molecule has 0 radical (unpaired) electrons. The van der Waals surface area contributed by atoms with Gasteiger partial charge in [-0.05, 0) is 5.41 Å². The first-order valence-corrected chi connectivity index (χ1v) is 6.89. The van der Waals surface area contributed by atoms with Crippen molar-refractivity contribution in [2.45, 2.75) is 48.0 Å². The highest BCUT2D eigenvalue weighted by Gasteiger charge is 2.37. The van der Waals surface area contributed by atoms with Gasteiger partial charge in [-0.3, -0.25) is 9.59 Å². The lowest BCUT2D eigenvalue weighted by molar-refractivity contribution is -0.142. The predicted octanol–water partition coefficient (Wildman–Crippen LogP) is 2.07. The van der Waals surface area contributed by atoms with Crippen molar-refractivity contribution in [3.8, 4) is 0 Å². The molecule has 0 spiro atoms. The third kappa shape index (κ3) is 5.72. The number of nitrogens with zero attached hydrogens (tertiary/aromatic N) is 1. The fourth-order valence-corrected chi connectivity index (χ4v) is 1.83. The molecule has 19 heavy (non-hydrogen) atoms. The van der Waals surface area contributed by atoms with Crippen LogP contribution >= 0.6 is 0 Å². The van der Waals surface area contributed by atoms with Crippen LogP contribution in [0, 0.1) is 16.7 Å². The highest BCUT2D eigenvalue weighted by molar-refractivity contribution is 5.89. The minimum Gasteiger partial charge on any atom is -0.344 e.